The number of allylic oxidation sites excluding steroid dienone is 1. The third-order valence-corrected chi connectivity index (χ3v) is 5.32. The predicted octanol–water partition coefficient (Wildman–Crippen LogP) is 1.42. The highest BCUT2D eigenvalue weighted by Crippen LogP contribution is 2.65. The molecule has 2 atom stereocenters. The Hall–Kier alpha value is -0.990. The van der Waals surface area contributed by atoms with E-state index in [1.807, 2.05) is 0 Å². The second-order valence-corrected chi connectivity index (χ2v) is 6.12. The number of Topliss-reactive ketones (excluding diaryl/α,β-unsaturated/α-hetero) is 1. The van der Waals surface area contributed by atoms with Crippen LogP contribution in [0.3, 0.4) is 0 Å². The first-order valence-electron chi connectivity index (χ1n) is 6.25. The van der Waals surface area contributed by atoms with Crippen molar-refractivity contribution >= 4 is 5.78 Å². The number of rotatable bonds is 0. The lowest BCUT2D eigenvalue weighted by atomic mass is 9.70. The highest BCUT2D eigenvalue weighted by Gasteiger charge is 2.64. The van der Waals surface area contributed by atoms with Crippen LogP contribution in [0, 0.1) is 16.7 Å². The molecule has 3 aliphatic rings. The number of hydrogen-bond donors (Lipinski definition) is 2. The van der Waals surface area contributed by atoms with E-state index in [4.69, 9.17) is 0 Å². The minimum Gasteiger partial charge on any atom is -0.370 e. The van der Waals surface area contributed by atoms with Gasteiger partial charge in [0.2, 0.25) is 0 Å². The van der Waals surface area contributed by atoms with E-state index in [9.17, 15) is 4.79 Å². The Morgan fingerprint density at radius 3 is 2.31 bits per heavy atom. The van der Waals surface area contributed by atoms with Crippen molar-refractivity contribution in [3.8, 4) is 0 Å². The summed E-state index contributed by atoms with van der Waals surface area (Å²) < 4.78 is 0. The zero-order valence-corrected chi connectivity index (χ0v) is 10.3. The van der Waals surface area contributed by atoms with E-state index in [1.54, 1.807) is 0 Å². The molecule has 3 heteroatoms. The van der Waals surface area contributed by atoms with Crippen molar-refractivity contribution in [3.63, 3.8) is 0 Å². The Bertz CT molecular complexity index is 389. The molecule has 2 aliphatic carbocycles. The first-order chi connectivity index (χ1) is 7.48. The van der Waals surface area contributed by atoms with Crippen molar-refractivity contribution in [2.75, 3.05) is 13.1 Å². The normalized spacial score (nSPS) is 40.2. The first kappa shape index (κ1) is 10.2. The maximum absolute atomic E-state index is 12.6. The van der Waals surface area contributed by atoms with Gasteiger partial charge in [-0.2, -0.15) is 0 Å². The van der Waals surface area contributed by atoms with Crippen LogP contribution in [0.1, 0.15) is 33.6 Å². The van der Waals surface area contributed by atoms with Gasteiger partial charge in [-0.15, -0.1) is 0 Å². The summed E-state index contributed by atoms with van der Waals surface area (Å²) in [6.07, 6.45) is 2.22. The molecular formula is C13H20N2O. The van der Waals surface area contributed by atoms with E-state index in [1.165, 1.54) is 0 Å². The molecular weight excluding hydrogens is 200 g/mol. The summed E-state index contributed by atoms with van der Waals surface area (Å²) in [4.78, 5) is 12.6. The predicted molar refractivity (Wildman–Crippen MR) is 62.7 cm³/mol. The van der Waals surface area contributed by atoms with Crippen LogP contribution in [0.5, 0.6) is 0 Å². The zero-order valence-electron chi connectivity index (χ0n) is 10.3. The fraction of sp³-hybridized carbons (Fsp3) is 0.769. The number of fused-ring (bicyclic) bond motifs is 2. The molecule has 3 fully saturated rings. The minimum atomic E-state index is -0.133. The van der Waals surface area contributed by atoms with E-state index in [0.29, 0.717) is 11.7 Å². The topological polar surface area (TPSA) is 41.1 Å². The molecule has 0 aromatic carbocycles. The first-order valence-corrected chi connectivity index (χ1v) is 6.25. The summed E-state index contributed by atoms with van der Waals surface area (Å²) in [5, 5.41) is 6.63. The second kappa shape index (κ2) is 2.82. The van der Waals surface area contributed by atoms with Crippen LogP contribution in [-0.4, -0.2) is 18.9 Å². The Morgan fingerprint density at radius 1 is 1.19 bits per heavy atom. The molecule has 16 heavy (non-hydrogen) atoms. The molecule has 88 valence electrons. The van der Waals surface area contributed by atoms with Gasteiger partial charge in [-0.05, 0) is 24.2 Å². The molecule has 3 rings (SSSR count). The summed E-state index contributed by atoms with van der Waals surface area (Å²) in [5.41, 5.74) is 1.04. The smallest absolute Gasteiger partial charge is 0.169 e. The SMILES string of the molecule is CC12CCC(C(=C3NCCN3)C1=O)C2(C)C. The number of hydrogen-bond acceptors (Lipinski definition) is 3. The highest BCUT2D eigenvalue weighted by atomic mass is 16.1. The van der Waals surface area contributed by atoms with E-state index < -0.39 is 0 Å². The molecule has 0 aromatic heterocycles. The van der Waals surface area contributed by atoms with Crippen LogP contribution in [0.15, 0.2) is 11.4 Å². The van der Waals surface area contributed by atoms with Crippen LogP contribution in [0.2, 0.25) is 0 Å². The Morgan fingerprint density at radius 2 is 1.81 bits per heavy atom. The summed E-state index contributed by atoms with van der Waals surface area (Å²) >= 11 is 0. The summed E-state index contributed by atoms with van der Waals surface area (Å²) in [7, 11) is 0. The van der Waals surface area contributed by atoms with Gasteiger partial charge in [0.1, 0.15) is 5.82 Å². The summed E-state index contributed by atoms with van der Waals surface area (Å²) in [6.45, 7) is 8.54. The third-order valence-electron chi connectivity index (χ3n) is 5.32. The van der Waals surface area contributed by atoms with Crippen molar-refractivity contribution in [1.82, 2.24) is 10.6 Å². The molecule has 1 saturated heterocycles. The minimum absolute atomic E-state index is 0.123. The third kappa shape index (κ3) is 0.926. The molecule has 0 radical (unpaired) electrons. The molecule has 1 aliphatic heterocycles. The molecule has 0 amide bonds. The van der Waals surface area contributed by atoms with E-state index >= 15 is 0 Å². The van der Waals surface area contributed by atoms with Crippen LogP contribution in [-0.2, 0) is 4.79 Å². The van der Waals surface area contributed by atoms with Crippen LogP contribution in [0.4, 0.5) is 0 Å². The van der Waals surface area contributed by atoms with Gasteiger partial charge in [-0.1, -0.05) is 20.8 Å². The van der Waals surface area contributed by atoms with Crippen LogP contribution in [0.25, 0.3) is 0 Å². The van der Waals surface area contributed by atoms with Gasteiger partial charge >= 0.3 is 0 Å². The molecule has 1 heterocycles. The maximum atomic E-state index is 12.6. The highest BCUT2D eigenvalue weighted by molar-refractivity contribution is 6.05. The lowest BCUT2D eigenvalue weighted by Crippen LogP contribution is -2.32. The van der Waals surface area contributed by atoms with Gasteiger partial charge in [0.25, 0.3) is 0 Å². The van der Waals surface area contributed by atoms with Gasteiger partial charge in [-0.3, -0.25) is 4.79 Å². The number of carbonyl (C=O) groups excluding carboxylic acids is 1. The van der Waals surface area contributed by atoms with Crippen molar-refractivity contribution in [2.45, 2.75) is 33.6 Å². The lowest BCUT2D eigenvalue weighted by Gasteiger charge is -2.31. The monoisotopic (exact) mass is 220 g/mol. The van der Waals surface area contributed by atoms with Crippen LogP contribution < -0.4 is 10.6 Å². The Kier molecular flexibility index (Phi) is 1.79. The Labute approximate surface area is 96.7 Å². The number of ketones is 1. The fourth-order valence-corrected chi connectivity index (χ4v) is 3.78. The number of carbonyl (C=O) groups is 1. The average Bonchev–Trinajstić information content (AvgIpc) is 2.83. The fourth-order valence-electron chi connectivity index (χ4n) is 3.78. The Balaban J connectivity index is 2.13. The van der Waals surface area contributed by atoms with E-state index in [0.717, 1.165) is 37.3 Å². The van der Waals surface area contributed by atoms with Gasteiger partial charge in [0, 0.05) is 24.1 Å². The lowest BCUT2D eigenvalue weighted by molar-refractivity contribution is -0.125. The number of nitrogens with one attached hydrogen (secondary N) is 2. The average molecular weight is 220 g/mol. The van der Waals surface area contributed by atoms with Gasteiger partial charge in [0.15, 0.2) is 5.78 Å². The summed E-state index contributed by atoms with van der Waals surface area (Å²) in [5.74, 6) is 1.84. The zero-order chi connectivity index (χ0) is 11.6. The van der Waals surface area contributed by atoms with Crippen molar-refractivity contribution in [2.24, 2.45) is 16.7 Å². The van der Waals surface area contributed by atoms with Gasteiger partial charge in [0.05, 0.1) is 0 Å². The standard InChI is InChI=1S/C13H20N2O/c1-12(2)8-4-5-13(12,3)10(16)9(8)11-14-6-7-15-11/h8,14-15H,4-7H2,1-3H3. The molecule has 2 unspecified atom stereocenters. The second-order valence-electron chi connectivity index (χ2n) is 6.12. The van der Waals surface area contributed by atoms with Crippen LogP contribution >= 0.6 is 0 Å². The maximum Gasteiger partial charge on any atom is 0.169 e. The van der Waals surface area contributed by atoms with E-state index in [2.05, 4.69) is 31.4 Å². The largest absolute Gasteiger partial charge is 0.370 e. The molecule has 3 nitrogen and oxygen atoms in total. The van der Waals surface area contributed by atoms with Gasteiger partial charge in [-0.25, -0.2) is 0 Å². The van der Waals surface area contributed by atoms with Crippen molar-refractivity contribution < 1.29 is 4.79 Å². The van der Waals surface area contributed by atoms with Crippen molar-refractivity contribution in [1.29, 1.82) is 0 Å². The van der Waals surface area contributed by atoms with Crippen molar-refractivity contribution in [3.05, 3.63) is 11.4 Å². The quantitative estimate of drug-likeness (QED) is 0.607. The summed E-state index contributed by atoms with van der Waals surface area (Å²) in [6, 6.07) is 0. The molecule has 2 saturated carbocycles. The molecule has 0 spiro atoms. The molecule has 2 bridgehead atoms. The van der Waals surface area contributed by atoms with E-state index in [-0.39, 0.29) is 10.8 Å². The molecule has 2 N–H and O–H groups in total. The van der Waals surface area contributed by atoms with Gasteiger partial charge < -0.3 is 10.6 Å². The molecule has 0 aromatic rings.